The summed E-state index contributed by atoms with van der Waals surface area (Å²) < 4.78 is 7.22. The first-order valence-electron chi connectivity index (χ1n) is 8.68. The van der Waals surface area contributed by atoms with Gasteiger partial charge in [-0.05, 0) is 24.3 Å². The van der Waals surface area contributed by atoms with Gasteiger partial charge in [-0.3, -0.25) is 9.59 Å². The molecule has 27 heavy (non-hydrogen) atoms. The summed E-state index contributed by atoms with van der Waals surface area (Å²) in [7, 11) is 3.57. The van der Waals surface area contributed by atoms with Gasteiger partial charge in [0.2, 0.25) is 5.91 Å². The van der Waals surface area contributed by atoms with Gasteiger partial charge in [0, 0.05) is 31.6 Å². The number of imidazole rings is 1. The van der Waals surface area contributed by atoms with Crippen molar-refractivity contribution >= 4 is 22.8 Å². The lowest BCUT2D eigenvalue weighted by Crippen LogP contribution is -2.37. The molecule has 1 heterocycles. The minimum Gasteiger partial charge on any atom is -0.497 e. The van der Waals surface area contributed by atoms with Crippen LogP contribution in [0.2, 0.25) is 0 Å². The molecule has 2 amide bonds. The number of carbonyl (C=O) groups is 2. The van der Waals surface area contributed by atoms with Crippen molar-refractivity contribution in [1.29, 1.82) is 0 Å². The summed E-state index contributed by atoms with van der Waals surface area (Å²) in [6.45, 7) is 0.377. The number of aryl methyl sites for hydroxylation is 1. The van der Waals surface area contributed by atoms with E-state index in [0.717, 1.165) is 22.6 Å². The Morgan fingerprint density at radius 3 is 2.63 bits per heavy atom. The van der Waals surface area contributed by atoms with E-state index < -0.39 is 0 Å². The molecule has 0 bridgehead atoms. The maximum atomic E-state index is 11.9. The molecular formula is C20H22N4O3. The SMILES string of the molecule is COc1ccc2c(c1)nc(CCNC(=O)CNC(=O)c1ccccc1)n2C. The number of hydrogen-bond donors (Lipinski definition) is 2. The van der Waals surface area contributed by atoms with Crippen LogP contribution in [0.5, 0.6) is 5.75 Å². The molecule has 0 atom stereocenters. The van der Waals surface area contributed by atoms with Crippen LogP contribution in [0.4, 0.5) is 0 Å². The average molecular weight is 366 g/mol. The summed E-state index contributed by atoms with van der Waals surface area (Å²) >= 11 is 0. The Kier molecular flexibility index (Phi) is 5.71. The maximum Gasteiger partial charge on any atom is 0.251 e. The lowest BCUT2D eigenvalue weighted by atomic mass is 10.2. The second-order valence-corrected chi connectivity index (χ2v) is 6.09. The van der Waals surface area contributed by atoms with Crippen molar-refractivity contribution < 1.29 is 14.3 Å². The zero-order valence-electron chi connectivity index (χ0n) is 15.4. The van der Waals surface area contributed by atoms with Crippen molar-refractivity contribution in [1.82, 2.24) is 20.2 Å². The molecule has 0 aliphatic heterocycles. The van der Waals surface area contributed by atoms with Gasteiger partial charge in [0.15, 0.2) is 0 Å². The normalized spacial score (nSPS) is 10.6. The standard InChI is InChI=1S/C20H22N4O3/c1-24-17-9-8-15(27-2)12-16(17)23-18(24)10-11-21-19(25)13-22-20(26)14-6-4-3-5-7-14/h3-9,12H,10-11,13H2,1-2H3,(H,21,25)(H,22,26). The van der Waals surface area contributed by atoms with E-state index in [2.05, 4.69) is 15.6 Å². The summed E-state index contributed by atoms with van der Waals surface area (Å²) in [4.78, 5) is 28.5. The number of hydrogen-bond acceptors (Lipinski definition) is 4. The molecule has 1 aromatic heterocycles. The quantitative estimate of drug-likeness (QED) is 0.666. The molecule has 140 valence electrons. The Bertz CT molecular complexity index is 951. The van der Waals surface area contributed by atoms with Crippen LogP contribution in [-0.4, -0.2) is 41.6 Å². The van der Waals surface area contributed by atoms with E-state index in [-0.39, 0.29) is 18.4 Å². The first-order chi connectivity index (χ1) is 13.1. The summed E-state index contributed by atoms with van der Waals surface area (Å²) in [5.41, 5.74) is 2.39. The van der Waals surface area contributed by atoms with Crippen molar-refractivity contribution in [2.75, 3.05) is 20.2 Å². The van der Waals surface area contributed by atoms with E-state index in [1.807, 2.05) is 35.9 Å². The predicted molar refractivity (Wildman–Crippen MR) is 103 cm³/mol. The molecule has 0 saturated heterocycles. The van der Waals surface area contributed by atoms with E-state index in [1.54, 1.807) is 31.4 Å². The summed E-state index contributed by atoms with van der Waals surface area (Å²) in [5, 5.41) is 5.41. The number of fused-ring (bicyclic) bond motifs is 1. The van der Waals surface area contributed by atoms with Crippen LogP contribution in [0.25, 0.3) is 11.0 Å². The minimum atomic E-state index is -0.268. The van der Waals surface area contributed by atoms with E-state index in [4.69, 9.17) is 4.74 Å². The highest BCUT2D eigenvalue weighted by molar-refractivity contribution is 5.96. The highest BCUT2D eigenvalue weighted by Crippen LogP contribution is 2.20. The lowest BCUT2D eigenvalue weighted by molar-refractivity contribution is -0.120. The molecule has 3 rings (SSSR count). The van der Waals surface area contributed by atoms with Gasteiger partial charge >= 0.3 is 0 Å². The molecule has 0 saturated carbocycles. The van der Waals surface area contributed by atoms with Crippen molar-refractivity contribution in [2.45, 2.75) is 6.42 Å². The van der Waals surface area contributed by atoms with Gasteiger partial charge in [0.1, 0.15) is 11.6 Å². The topological polar surface area (TPSA) is 85.2 Å². The van der Waals surface area contributed by atoms with Gasteiger partial charge in [-0.25, -0.2) is 4.98 Å². The Balaban J connectivity index is 1.49. The highest BCUT2D eigenvalue weighted by atomic mass is 16.5. The van der Waals surface area contributed by atoms with Crippen LogP contribution in [0.3, 0.4) is 0 Å². The van der Waals surface area contributed by atoms with Crippen molar-refractivity contribution in [2.24, 2.45) is 7.05 Å². The first-order valence-corrected chi connectivity index (χ1v) is 8.68. The summed E-state index contributed by atoms with van der Waals surface area (Å²) in [6, 6.07) is 14.5. The molecule has 7 heteroatoms. The number of amides is 2. The first kappa shape index (κ1) is 18.4. The fraction of sp³-hybridized carbons (Fsp3) is 0.250. The monoisotopic (exact) mass is 366 g/mol. The number of rotatable bonds is 7. The Hall–Kier alpha value is -3.35. The summed E-state index contributed by atoms with van der Waals surface area (Å²) in [6.07, 6.45) is 0.589. The van der Waals surface area contributed by atoms with Crippen molar-refractivity contribution in [3.05, 3.63) is 59.9 Å². The Labute approximate surface area is 157 Å². The fourth-order valence-electron chi connectivity index (χ4n) is 2.81. The van der Waals surface area contributed by atoms with E-state index in [1.165, 1.54) is 0 Å². The molecule has 0 aliphatic rings. The van der Waals surface area contributed by atoms with Crippen LogP contribution in [0, 0.1) is 0 Å². The van der Waals surface area contributed by atoms with Gasteiger partial charge in [-0.1, -0.05) is 18.2 Å². The largest absolute Gasteiger partial charge is 0.497 e. The number of methoxy groups -OCH3 is 1. The second-order valence-electron chi connectivity index (χ2n) is 6.09. The number of carbonyl (C=O) groups excluding carboxylic acids is 2. The molecule has 3 aromatic rings. The lowest BCUT2D eigenvalue weighted by Gasteiger charge is -2.07. The zero-order chi connectivity index (χ0) is 19.2. The number of ether oxygens (including phenoxy) is 1. The molecule has 7 nitrogen and oxygen atoms in total. The van der Waals surface area contributed by atoms with Gasteiger partial charge < -0.3 is 19.9 Å². The van der Waals surface area contributed by atoms with Gasteiger partial charge in [-0.2, -0.15) is 0 Å². The van der Waals surface area contributed by atoms with Gasteiger partial charge in [-0.15, -0.1) is 0 Å². The molecule has 0 spiro atoms. The third-order valence-electron chi connectivity index (χ3n) is 4.30. The van der Waals surface area contributed by atoms with Crippen molar-refractivity contribution in [3.63, 3.8) is 0 Å². The van der Waals surface area contributed by atoms with E-state index in [9.17, 15) is 9.59 Å². The molecule has 0 radical (unpaired) electrons. The van der Waals surface area contributed by atoms with Crippen LogP contribution >= 0.6 is 0 Å². The number of nitrogens with zero attached hydrogens (tertiary/aromatic N) is 2. The molecule has 0 fully saturated rings. The van der Waals surface area contributed by atoms with Crippen LogP contribution in [-0.2, 0) is 18.3 Å². The average Bonchev–Trinajstić information content (AvgIpc) is 3.01. The zero-order valence-corrected chi connectivity index (χ0v) is 15.4. The summed E-state index contributed by atoms with van der Waals surface area (Å²) in [5.74, 6) is 1.12. The van der Waals surface area contributed by atoms with E-state index >= 15 is 0 Å². The third kappa shape index (κ3) is 4.44. The Morgan fingerprint density at radius 2 is 1.89 bits per heavy atom. The van der Waals surface area contributed by atoms with Crippen LogP contribution in [0.1, 0.15) is 16.2 Å². The highest BCUT2D eigenvalue weighted by Gasteiger charge is 2.10. The molecule has 2 aromatic carbocycles. The van der Waals surface area contributed by atoms with E-state index in [0.29, 0.717) is 18.5 Å². The third-order valence-corrected chi connectivity index (χ3v) is 4.30. The molecular weight excluding hydrogens is 344 g/mol. The van der Waals surface area contributed by atoms with Gasteiger partial charge in [0.05, 0.1) is 24.7 Å². The second kappa shape index (κ2) is 8.35. The Morgan fingerprint density at radius 1 is 1.11 bits per heavy atom. The smallest absolute Gasteiger partial charge is 0.251 e. The maximum absolute atomic E-state index is 11.9. The number of benzene rings is 2. The van der Waals surface area contributed by atoms with Gasteiger partial charge in [0.25, 0.3) is 5.91 Å². The minimum absolute atomic E-state index is 0.0620. The molecule has 0 unspecified atom stereocenters. The number of aromatic nitrogens is 2. The molecule has 2 N–H and O–H groups in total. The fourth-order valence-corrected chi connectivity index (χ4v) is 2.81. The number of nitrogens with one attached hydrogen (secondary N) is 2. The van der Waals surface area contributed by atoms with Crippen molar-refractivity contribution in [3.8, 4) is 5.75 Å². The predicted octanol–water partition coefficient (Wildman–Crippen LogP) is 1.67. The van der Waals surface area contributed by atoms with Crippen LogP contribution in [0.15, 0.2) is 48.5 Å². The molecule has 0 aliphatic carbocycles. The van der Waals surface area contributed by atoms with Crippen LogP contribution < -0.4 is 15.4 Å².